The van der Waals surface area contributed by atoms with Crippen LogP contribution < -0.4 is 10.6 Å². The summed E-state index contributed by atoms with van der Waals surface area (Å²) >= 11 is 6.08. The molecule has 3 atom stereocenters. The number of rotatable bonds is 4. The Morgan fingerprint density at radius 2 is 1.94 bits per heavy atom. The van der Waals surface area contributed by atoms with Crippen LogP contribution in [0.2, 0.25) is 5.02 Å². The predicted molar refractivity (Wildman–Crippen MR) is 121 cm³/mol. The second kappa shape index (κ2) is 8.44. The zero-order valence-corrected chi connectivity index (χ0v) is 18.5. The van der Waals surface area contributed by atoms with E-state index in [1.807, 2.05) is 41.2 Å². The summed E-state index contributed by atoms with van der Waals surface area (Å²) in [7, 11) is 0. The van der Waals surface area contributed by atoms with Gasteiger partial charge in [0.1, 0.15) is 5.82 Å². The van der Waals surface area contributed by atoms with Crippen molar-refractivity contribution in [3.8, 4) is 0 Å². The number of anilines is 1. The highest BCUT2D eigenvalue weighted by Gasteiger charge is 2.40. The van der Waals surface area contributed by atoms with E-state index in [1.165, 1.54) is 12.1 Å². The van der Waals surface area contributed by atoms with Crippen molar-refractivity contribution in [3.05, 3.63) is 82.9 Å². The molecular weight excluding hydrogens is 415 g/mol. The Kier molecular flexibility index (Phi) is 5.86. The SMILES string of the molecule is CC(C)(C)n1ccc(C2C[C@@H](C(=O)Nc3cccc(F)c3)N[C@H]2c2ccc(Cl)cc2)n1. The number of hydrogen-bond donors (Lipinski definition) is 2. The van der Waals surface area contributed by atoms with Gasteiger partial charge in [0.2, 0.25) is 5.91 Å². The highest BCUT2D eigenvalue weighted by molar-refractivity contribution is 6.30. The van der Waals surface area contributed by atoms with Crippen LogP contribution in [-0.2, 0) is 10.3 Å². The van der Waals surface area contributed by atoms with E-state index in [-0.39, 0.29) is 29.2 Å². The molecule has 5 nitrogen and oxygen atoms in total. The van der Waals surface area contributed by atoms with Crippen molar-refractivity contribution in [2.45, 2.75) is 50.7 Å². The minimum absolute atomic E-state index is 0.00744. The van der Waals surface area contributed by atoms with Gasteiger partial charge in [-0.25, -0.2) is 4.39 Å². The molecule has 0 radical (unpaired) electrons. The molecule has 1 aliphatic heterocycles. The van der Waals surface area contributed by atoms with E-state index in [0.29, 0.717) is 17.1 Å². The molecule has 0 saturated carbocycles. The van der Waals surface area contributed by atoms with Crippen LogP contribution in [0.15, 0.2) is 60.8 Å². The lowest BCUT2D eigenvalue weighted by Crippen LogP contribution is -2.36. The van der Waals surface area contributed by atoms with Gasteiger partial charge in [-0.3, -0.25) is 14.8 Å². The smallest absolute Gasteiger partial charge is 0.241 e. The molecule has 3 aromatic rings. The fraction of sp³-hybridized carbons (Fsp3) is 0.333. The lowest BCUT2D eigenvalue weighted by molar-refractivity contribution is -0.117. The van der Waals surface area contributed by atoms with Crippen LogP contribution in [0.4, 0.5) is 10.1 Å². The Morgan fingerprint density at radius 3 is 2.58 bits per heavy atom. The van der Waals surface area contributed by atoms with Crippen molar-refractivity contribution in [1.82, 2.24) is 15.1 Å². The Hall–Kier alpha value is -2.70. The summed E-state index contributed by atoms with van der Waals surface area (Å²) in [6.07, 6.45) is 2.56. The zero-order valence-electron chi connectivity index (χ0n) is 17.8. The topological polar surface area (TPSA) is 59.0 Å². The standard InChI is InChI=1S/C24H26ClFN4O/c1-24(2,3)30-12-11-20(29-30)19-14-21(23(31)27-18-6-4-5-17(26)13-18)28-22(19)15-7-9-16(25)10-8-15/h4-13,19,21-22,28H,14H2,1-3H3,(H,27,31)/t19?,21-,22-/m0/s1. The van der Waals surface area contributed by atoms with Gasteiger partial charge in [0.25, 0.3) is 0 Å². The molecular formula is C24H26ClFN4O. The molecule has 0 bridgehead atoms. The average molecular weight is 441 g/mol. The van der Waals surface area contributed by atoms with Crippen LogP contribution in [0.5, 0.6) is 0 Å². The normalized spacial score (nSPS) is 21.3. The number of benzene rings is 2. The van der Waals surface area contributed by atoms with E-state index in [0.717, 1.165) is 11.3 Å². The van der Waals surface area contributed by atoms with Crippen molar-refractivity contribution >= 4 is 23.2 Å². The molecule has 1 aromatic heterocycles. The van der Waals surface area contributed by atoms with Gasteiger partial charge >= 0.3 is 0 Å². The molecule has 4 rings (SSSR count). The van der Waals surface area contributed by atoms with E-state index < -0.39 is 6.04 Å². The van der Waals surface area contributed by atoms with Crippen molar-refractivity contribution in [2.24, 2.45) is 0 Å². The van der Waals surface area contributed by atoms with E-state index in [2.05, 4.69) is 31.4 Å². The van der Waals surface area contributed by atoms with Gasteiger partial charge in [-0.15, -0.1) is 0 Å². The molecule has 7 heteroatoms. The molecule has 2 heterocycles. The summed E-state index contributed by atoms with van der Waals surface area (Å²) in [4.78, 5) is 13.0. The summed E-state index contributed by atoms with van der Waals surface area (Å²) in [5.41, 5.74) is 2.29. The van der Waals surface area contributed by atoms with Gasteiger partial charge < -0.3 is 5.32 Å². The van der Waals surface area contributed by atoms with Crippen LogP contribution in [0, 0.1) is 5.82 Å². The maximum absolute atomic E-state index is 13.5. The van der Waals surface area contributed by atoms with Crippen molar-refractivity contribution in [3.63, 3.8) is 0 Å². The Balaban J connectivity index is 1.60. The van der Waals surface area contributed by atoms with Gasteiger partial charge in [0.15, 0.2) is 0 Å². The van der Waals surface area contributed by atoms with E-state index in [9.17, 15) is 9.18 Å². The van der Waals surface area contributed by atoms with E-state index in [4.69, 9.17) is 16.7 Å². The summed E-state index contributed by atoms with van der Waals surface area (Å²) in [5, 5.41) is 11.8. The van der Waals surface area contributed by atoms with Gasteiger partial charge in [-0.2, -0.15) is 5.10 Å². The maximum atomic E-state index is 13.5. The van der Waals surface area contributed by atoms with Crippen LogP contribution in [0.1, 0.15) is 50.4 Å². The summed E-state index contributed by atoms with van der Waals surface area (Å²) in [6, 6.07) is 15.0. The Morgan fingerprint density at radius 1 is 1.19 bits per heavy atom. The van der Waals surface area contributed by atoms with E-state index >= 15 is 0 Å². The summed E-state index contributed by atoms with van der Waals surface area (Å²) < 4.78 is 15.5. The third-order valence-electron chi connectivity index (χ3n) is 5.59. The fourth-order valence-corrected chi connectivity index (χ4v) is 4.09. The first-order chi connectivity index (χ1) is 14.7. The molecule has 2 aromatic carbocycles. The first-order valence-corrected chi connectivity index (χ1v) is 10.7. The van der Waals surface area contributed by atoms with Gasteiger partial charge in [0.05, 0.1) is 17.3 Å². The Bertz CT molecular complexity index is 1070. The number of aromatic nitrogens is 2. The van der Waals surface area contributed by atoms with Crippen LogP contribution >= 0.6 is 11.6 Å². The molecule has 0 spiro atoms. The number of nitrogens with zero attached hydrogens (tertiary/aromatic N) is 2. The van der Waals surface area contributed by atoms with Crippen LogP contribution in [-0.4, -0.2) is 21.7 Å². The third kappa shape index (κ3) is 4.81. The maximum Gasteiger partial charge on any atom is 0.241 e. The lowest BCUT2D eigenvalue weighted by Gasteiger charge is -2.21. The fourth-order valence-electron chi connectivity index (χ4n) is 3.97. The molecule has 31 heavy (non-hydrogen) atoms. The van der Waals surface area contributed by atoms with Crippen LogP contribution in [0.3, 0.4) is 0 Å². The largest absolute Gasteiger partial charge is 0.325 e. The second-order valence-corrected chi connectivity index (χ2v) is 9.38. The monoisotopic (exact) mass is 440 g/mol. The van der Waals surface area contributed by atoms with Crippen LogP contribution in [0.25, 0.3) is 0 Å². The Labute approximate surface area is 186 Å². The highest BCUT2D eigenvalue weighted by atomic mass is 35.5. The summed E-state index contributed by atoms with van der Waals surface area (Å²) in [5.74, 6) is -0.572. The number of hydrogen-bond acceptors (Lipinski definition) is 3. The molecule has 2 N–H and O–H groups in total. The van der Waals surface area contributed by atoms with Crippen molar-refractivity contribution in [2.75, 3.05) is 5.32 Å². The first-order valence-electron chi connectivity index (χ1n) is 10.3. The third-order valence-corrected chi connectivity index (χ3v) is 5.84. The second-order valence-electron chi connectivity index (χ2n) is 8.95. The zero-order chi connectivity index (χ0) is 22.2. The number of carbonyl (C=O) groups is 1. The molecule has 0 aliphatic carbocycles. The minimum Gasteiger partial charge on any atom is -0.325 e. The van der Waals surface area contributed by atoms with Crippen molar-refractivity contribution in [1.29, 1.82) is 0 Å². The lowest BCUT2D eigenvalue weighted by atomic mass is 9.90. The predicted octanol–water partition coefficient (Wildman–Crippen LogP) is 5.26. The van der Waals surface area contributed by atoms with Gasteiger partial charge in [-0.05, 0) is 69.2 Å². The molecule has 1 aliphatic rings. The number of halogens is 2. The average Bonchev–Trinajstić information content (AvgIpc) is 3.36. The van der Waals surface area contributed by atoms with Crippen molar-refractivity contribution < 1.29 is 9.18 Å². The molecule has 162 valence electrons. The van der Waals surface area contributed by atoms with Gasteiger partial charge in [0, 0.05) is 28.9 Å². The highest BCUT2D eigenvalue weighted by Crippen LogP contribution is 2.40. The number of carbonyl (C=O) groups excluding carboxylic acids is 1. The quantitative estimate of drug-likeness (QED) is 0.582. The number of amides is 1. The van der Waals surface area contributed by atoms with Gasteiger partial charge in [-0.1, -0.05) is 29.8 Å². The molecule has 1 fully saturated rings. The minimum atomic E-state index is -0.436. The molecule has 1 unspecified atom stereocenters. The van der Waals surface area contributed by atoms with E-state index in [1.54, 1.807) is 12.1 Å². The number of nitrogens with one attached hydrogen (secondary N) is 2. The molecule has 1 saturated heterocycles. The first kappa shape index (κ1) is 21.5. The molecule has 1 amide bonds. The summed E-state index contributed by atoms with van der Waals surface area (Å²) in [6.45, 7) is 6.30.